The summed E-state index contributed by atoms with van der Waals surface area (Å²) in [5.41, 5.74) is 4.36. The second-order valence-corrected chi connectivity index (χ2v) is 4.42. The van der Waals surface area contributed by atoms with Gasteiger partial charge in [0.25, 0.3) is 0 Å². The highest BCUT2D eigenvalue weighted by Crippen LogP contribution is 2.30. The third-order valence-corrected chi connectivity index (χ3v) is 3.32. The molecule has 2 aliphatic heterocycles. The van der Waals surface area contributed by atoms with Gasteiger partial charge in [-0.15, -0.1) is 0 Å². The fraction of sp³-hybridized carbons (Fsp3) is 0.385. The predicted molar refractivity (Wildman–Crippen MR) is 63.1 cm³/mol. The molecular formula is C13H16N2. The van der Waals surface area contributed by atoms with Crippen LogP contribution in [-0.4, -0.2) is 31.6 Å². The van der Waals surface area contributed by atoms with Gasteiger partial charge in [0.05, 0.1) is 0 Å². The summed E-state index contributed by atoms with van der Waals surface area (Å²) in [5.74, 6) is 0. The Kier molecular flexibility index (Phi) is 2.03. The van der Waals surface area contributed by atoms with E-state index >= 15 is 0 Å². The molecule has 3 rings (SSSR count). The molecule has 0 aliphatic carbocycles. The zero-order chi connectivity index (χ0) is 10.3. The number of anilines is 1. The number of piperazine rings is 1. The van der Waals surface area contributed by atoms with E-state index in [1.807, 2.05) is 0 Å². The molecule has 1 aromatic carbocycles. The maximum Gasteiger partial charge on any atom is 0.0444 e. The van der Waals surface area contributed by atoms with Crippen molar-refractivity contribution < 1.29 is 0 Å². The third kappa shape index (κ3) is 1.45. The number of likely N-dealkylation sites (N-methyl/N-ethyl adjacent to an activating group) is 1. The summed E-state index contributed by atoms with van der Waals surface area (Å²) < 4.78 is 0. The summed E-state index contributed by atoms with van der Waals surface area (Å²) in [5, 5.41) is 0. The summed E-state index contributed by atoms with van der Waals surface area (Å²) in [4.78, 5) is 4.86. The van der Waals surface area contributed by atoms with E-state index in [1.54, 1.807) is 0 Å². The second-order valence-electron chi connectivity index (χ2n) is 4.42. The SMILES string of the molecule is CN1CCN2C(=CCc3ccccc32)C1. The Morgan fingerprint density at radius 3 is 2.93 bits per heavy atom. The first-order chi connectivity index (χ1) is 7.34. The monoisotopic (exact) mass is 200 g/mol. The molecule has 0 amide bonds. The number of allylic oxidation sites excluding steroid dienone is 1. The lowest BCUT2D eigenvalue weighted by Gasteiger charge is -2.39. The topological polar surface area (TPSA) is 6.48 Å². The predicted octanol–water partition coefficient (Wildman–Crippen LogP) is 1.88. The van der Waals surface area contributed by atoms with Gasteiger partial charge in [-0.1, -0.05) is 24.3 Å². The summed E-state index contributed by atoms with van der Waals surface area (Å²) >= 11 is 0. The first-order valence-electron chi connectivity index (χ1n) is 5.57. The average molecular weight is 200 g/mol. The van der Waals surface area contributed by atoms with Crippen molar-refractivity contribution in [1.82, 2.24) is 4.90 Å². The van der Waals surface area contributed by atoms with Gasteiger partial charge in [-0.25, -0.2) is 0 Å². The molecular weight excluding hydrogens is 184 g/mol. The lowest BCUT2D eigenvalue weighted by Crippen LogP contribution is -2.44. The number of hydrogen-bond donors (Lipinski definition) is 0. The van der Waals surface area contributed by atoms with Crippen LogP contribution in [0.15, 0.2) is 36.0 Å². The Balaban J connectivity index is 1.99. The fourth-order valence-electron chi connectivity index (χ4n) is 2.48. The van der Waals surface area contributed by atoms with Crippen LogP contribution in [-0.2, 0) is 6.42 Å². The van der Waals surface area contributed by atoms with E-state index in [-0.39, 0.29) is 0 Å². The molecule has 0 spiro atoms. The summed E-state index contributed by atoms with van der Waals surface area (Å²) in [6.07, 6.45) is 3.47. The molecule has 0 unspecified atom stereocenters. The summed E-state index contributed by atoms with van der Waals surface area (Å²) in [6.45, 7) is 3.37. The Bertz CT molecular complexity index is 409. The van der Waals surface area contributed by atoms with Crippen molar-refractivity contribution in [2.45, 2.75) is 6.42 Å². The van der Waals surface area contributed by atoms with Gasteiger partial charge in [0.15, 0.2) is 0 Å². The Hall–Kier alpha value is -1.28. The first kappa shape index (κ1) is 8.98. The number of hydrogen-bond acceptors (Lipinski definition) is 2. The van der Waals surface area contributed by atoms with Gasteiger partial charge in [0.1, 0.15) is 0 Å². The van der Waals surface area contributed by atoms with Crippen molar-refractivity contribution in [3.63, 3.8) is 0 Å². The maximum absolute atomic E-state index is 2.47. The molecule has 0 aromatic heterocycles. The van der Waals surface area contributed by atoms with Crippen molar-refractivity contribution in [1.29, 1.82) is 0 Å². The minimum absolute atomic E-state index is 1.09. The van der Waals surface area contributed by atoms with Gasteiger partial charge in [0, 0.05) is 31.0 Å². The molecule has 0 radical (unpaired) electrons. The molecule has 15 heavy (non-hydrogen) atoms. The minimum atomic E-state index is 1.09. The molecule has 1 aromatic rings. The van der Waals surface area contributed by atoms with Crippen molar-refractivity contribution in [2.75, 3.05) is 31.6 Å². The van der Waals surface area contributed by atoms with Gasteiger partial charge in [0.2, 0.25) is 0 Å². The quantitative estimate of drug-likeness (QED) is 0.631. The number of benzene rings is 1. The van der Waals surface area contributed by atoms with E-state index in [9.17, 15) is 0 Å². The van der Waals surface area contributed by atoms with Gasteiger partial charge < -0.3 is 4.90 Å². The molecule has 0 saturated carbocycles. The number of rotatable bonds is 0. The lowest BCUT2D eigenvalue weighted by molar-refractivity contribution is 0.338. The number of nitrogens with zero attached hydrogens (tertiary/aromatic N) is 2. The molecule has 2 heteroatoms. The highest BCUT2D eigenvalue weighted by molar-refractivity contribution is 5.62. The van der Waals surface area contributed by atoms with E-state index in [0.29, 0.717) is 0 Å². The van der Waals surface area contributed by atoms with Crippen molar-refractivity contribution in [2.24, 2.45) is 0 Å². The van der Waals surface area contributed by atoms with Crippen LogP contribution in [0.1, 0.15) is 5.56 Å². The lowest BCUT2D eigenvalue weighted by atomic mass is 10.0. The van der Waals surface area contributed by atoms with Crippen LogP contribution in [0.5, 0.6) is 0 Å². The van der Waals surface area contributed by atoms with Crippen molar-refractivity contribution >= 4 is 5.69 Å². The van der Waals surface area contributed by atoms with E-state index in [4.69, 9.17) is 0 Å². The zero-order valence-electron chi connectivity index (χ0n) is 9.11. The Labute approximate surface area is 90.8 Å². The largest absolute Gasteiger partial charge is 0.343 e. The van der Waals surface area contributed by atoms with Gasteiger partial charge in [-0.2, -0.15) is 0 Å². The maximum atomic E-state index is 2.47. The van der Waals surface area contributed by atoms with Crippen LogP contribution >= 0.6 is 0 Å². The van der Waals surface area contributed by atoms with Crippen LogP contribution < -0.4 is 4.90 Å². The van der Waals surface area contributed by atoms with Crippen molar-refractivity contribution in [3.8, 4) is 0 Å². The molecule has 0 N–H and O–H groups in total. The molecule has 1 saturated heterocycles. The van der Waals surface area contributed by atoms with Crippen LogP contribution in [0.2, 0.25) is 0 Å². The molecule has 1 fully saturated rings. The summed E-state index contributed by atoms with van der Waals surface area (Å²) in [6, 6.07) is 8.75. The van der Waals surface area contributed by atoms with Crippen LogP contribution in [0.25, 0.3) is 0 Å². The van der Waals surface area contributed by atoms with E-state index in [1.165, 1.54) is 16.9 Å². The van der Waals surface area contributed by atoms with Crippen LogP contribution in [0.4, 0.5) is 5.69 Å². The molecule has 78 valence electrons. The van der Waals surface area contributed by atoms with E-state index in [0.717, 1.165) is 26.1 Å². The highest BCUT2D eigenvalue weighted by atomic mass is 15.3. The number of fused-ring (bicyclic) bond motifs is 3. The third-order valence-electron chi connectivity index (χ3n) is 3.32. The van der Waals surface area contributed by atoms with Crippen LogP contribution in [0.3, 0.4) is 0 Å². The first-order valence-corrected chi connectivity index (χ1v) is 5.57. The Morgan fingerprint density at radius 2 is 2.00 bits per heavy atom. The molecule has 2 nitrogen and oxygen atoms in total. The standard InChI is InChI=1S/C13H16N2/c1-14-8-9-15-12(10-14)7-6-11-4-2-3-5-13(11)15/h2-5,7H,6,8-10H2,1H3. The normalized spacial score (nSPS) is 20.6. The molecule has 0 bridgehead atoms. The van der Waals surface area contributed by atoms with Crippen LogP contribution in [0, 0.1) is 0 Å². The number of para-hydroxylation sites is 1. The Morgan fingerprint density at radius 1 is 1.13 bits per heavy atom. The zero-order valence-corrected chi connectivity index (χ0v) is 9.11. The molecule has 2 heterocycles. The fourth-order valence-corrected chi connectivity index (χ4v) is 2.48. The molecule has 0 atom stereocenters. The highest BCUT2D eigenvalue weighted by Gasteiger charge is 2.23. The smallest absolute Gasteiger partial charge is 0.0444 e. The van der Waals surface area contributed by atoms with Gasteiger partial charge >= 0.3 is 0 Å². The van der Waals surface area contributed by atoms with Gasteiger partial charge in [-0.3, -0.25) is 4.90 Å². The molecule has 2 aliphatic rings. The van der Waals surface area contributed by atoms with Crippen molar-refractivity contribution in [3.05, 3.63) is 41.6 Å². The minimum Gasteiger partial charge on any atom is -0.343 e. The average Bonchev–Trinajstić information content (AvgIpc) is 2.28. The van der Waals surface area contributed by atoms with E-state index < -0.39 is 0 Å². The second kappa shape index (κ2) is 3.38. The van der Waals surface area contributed by atoms with Gasteiger partial charge in [-0.05, 0) is 25.1 Å². The van der Waals surface area contributed by atoms with E-state index in [2.05, 4.69) is 47.2 Å². The summed E-state index contributed by atoms with van der Waals surface area (Å²) in [7, 11) is 2.19.